The number of nitrogens with zero attached hydrogens (tertiary/aromatic N) is 1. The minimum absolute atomic E-state index is 0.537. The topological polar surface area (TPSA) is 29.3 Å². The largest absolute Gasteiger partial charge is 0.329 e. The number of hydrogen-bond acceptors (Lipinski definition) is 2. The Balaban J connectivity index is 1.89. The molecule has 1 heterocycles. The molecule has 1 aliphatic heterocycles. The number of rotatable bonds is 3. The van der Waals surface area contributed by atoms with E-state index < -0.39 is 0 Å². The number of likely N-dealkylation sites (tertiary alicyclic amines) is 1. The highest BCUT2D eigenvalue weighted by Crippen LogP contribution is 2.27. The fourth-order valence-electron chi connectivity index (χ4n) is 1.96. The van der Waals surface area contributed by atoms with Gasteiger partial charge in [-0.2, -0.15) is 0 Å². The molecule has 1 aromatic rings. The first-order valence-corrected chi connectivity index (χ1v) is 5.30. The molecule has 2 nitrogen and oxygen atoms in total. The second-order valence-corrected chi connectivity index (χ2v) is 4.15. The maximum Gasteiger partial charge on any atom is 0.0190 e. The van der Waals surface area contributed by atoms with Crippen LogP contribution in [0.25, 0.3) is 0 Å². The molecule has 1 aliphatic rings. The van der Waals surface area contributed by atoms with Crippen LogP contribution in [0.3, 0.4) is 0 Å². The molecule has 0 saturated carbocycles. The molecular weight excluding hydrogens is 172 g/mol. The van der Waals surface area contributed by atoms with E-state index in [1.54, 1.807) is 0 Å². The minimum atomic E-state index is 0.537. The van der Waals surface area contributed by atoms with Gasteiger partial charge < -0.3 is 5.73 Å². The monoisotopic (exact) mass is 190 g/mol. The molecule has 1 aromatic carbocycles. The van der Waals surface area contributed by atoms with Gasteiger partial charge in [0.05, 0.1) is 0 Å². The predicted molar refractivity (Wildman–Crippen MR) is 59.3 cm³/mol. The van der Waals surface area contributed by atoms with Gasteiger partial charge in [0, 0.05) is 31.6 Å². The van der Waals surface area contributed by atoms with Crippen LogP contribution in [0.2, 0.25) is 0 Å². The van der Waals surface area contributed by atoms with Crippen LogP contribution in [0.15, 0.2) is 30.3 Å². The summed E-state index contributed by atoms with van der Waals surface area (Å²) in [7, 11) is 0. The van der Waals surface area contributed by atoms with E-state index in [1.165, 1.54) is 18.7 Å². The van der Waals surface area contributed by atoms with Gasteiger partial charge in [-0.3, -0.25) is 4.90 Å². The average molecular weight is 190 g/mol. The third kappa shape index (κ3) is 1.81. The molecule has 0 amide bonds. The predicted octanol–water partition coefficient (Wildman–Crippen LogP) is 1.43. The molecule has 1 atom stereocenters. The van der Waals surface area contributed by atoms with E-state index >= 15 is 0 Å². The Morgan fingerprint density at radius 3 is 2.57 bits per heavy atom. The number of hydrogen-bond donors (Lipinski definition) is 1. The van der Waals surface area contributed by atoms with Gasteiger partial charge in [0.15, 0.2) is 0 Å². The van der Waals surface area contributed by atoms with Crippen molar-refractivity contribution in [3.63, 3.8) is 0 Å². The Bertz CT molecular complexity index is 278. The van der Waals surface area contributed by atoms with E-state index in [0.29, 0.717) is 6.04 Å². The first-order chi connectivity index (χ1) is 6.81. The van der Waals surface area contributed by atoms with Crippen LogP contribution in [0, 0.1) is 0 Å². The zero-order valence-corrected chi connectivity index (χ0v) is 8.69. The first-order valence-electron chi connectivity index (χ1n) is 5.30. The van der Waals surface area contributed by atoms with E-state index in [-0.39, 0.29) is 0 Å². The number of benzene rings is 1. The highest BCUT2D eigenvalue weighted by molar-refractivity contribution is 5.22. The minimum Gasteiger partial charge on any atom is -0.329 e. The van der Waals surface area contributed by atoms with Crippen molar-refractivity contribution < 1.29 is 0 Å². The highest BCUT2D eigenvalue weighted by atomic mass is 15.2. The van der Waals surface area contributed by atoms with Crippen LogP contribution in [-0.4, -0.2) is 30.6 Å². The van der Waals surface area contributed by atoms with Crippen molar-refractivity contribution in [1.82, 2.24) is 4.90 Å². The van der Waals surface area contributed by atoms with E-state index in [1.807, 2.05) is 0 Å². The van der Waals surface area contributed by atoms with Crippen LogP contribution in [0.4, 0.5) is 0 Å². The van der Waals surface area contributed by atoms with E-state index in [0.717, 1.165) is 12.5 Å². The summed E-state index contributed by atoms with van der Waals surface area (Å²) in [4.78, 5) is 2.44. The van der Waals surface area contributed by atoms with Gasteiger partial charge in [0.25, 0.3) is 0 Å². The molecule has 0 radical (unpaired) electrons. The Kier molecular flexibility index (Phi) is 2.85. The fraction of sp³-hybridized carbons (Fsp3) is 0.500. The van der Waals surface area contributed by atoms with Crippen molar-refractivity contribution in [3.05, 3.63) is 35.9 Å². The molecule has 0 spiro atoms. The summed E-state index contributed by atoms with van der Waals surface area (Å²) in [6, 6.07) is 11.3. The zero-order valence-electron chi connectivity index (χ0n) is 8.69. The second-order valence-electron chi connectivity index (χ2n) is 4.15. The molecule has 14 heavy (non-hydrogen) atoms. The maximum atomic E-state index is 5.62. The summed E-state index contributed by atoms with van der Waals surface area (Å²) in [5.41, 5.74) is 7.09. The summed E-state index contributed by atoms with van der Waals surface area (Å²) in [5, 5.41) is 0. The van der Waals surface area contributed by atoms with Crippen molar-refractivity contribution >= 4 is 0 Å². The van der Waals surface area contributed by atoms with E-state index in [2.05, 4.69) is 42.2 Å². The van der Waals surface area contributed by atoms with Gasteiger partial charge in [0.1, 0.15) is 0 Å². The summed E-state index contributed by atoms with van der Waals surface area (Å²) >= 11 is 0. The second kappa shape index (κ2) is 4.11. The first kappa shape index (κ1) is 9.69. The SMILES string of the molecule is CC(CN)N1CC(c2ccccc2)C1. The standard InChI is InChI=1S/C12H18N2/c1-10(7-13)14-8-12(9-14)11-5-3-2-4-6-11/h2-6,10,12H,7-9,13H2,1H3. The van der Waals surface area contributed by atoms with Crippen molar-refractivity contribution in [1.29, 1.82) is 0 Å². The molecule has 0 aromatic heterocycles. The molecule has 76 valence electrons. The molecular formula is C12H18N2. The Hall–Kier alpha value is -0.860. The average Bonchev–Trinajstić information content (AvgIpc) is 2.17. The lowest BCUT2D eigenvalue weighted by Gasteiger charge is -2.43. The summed E-state index contributed by atoms with van der Waals surface area (Å²) < 4.78 is 0. The van der Waals surface area contributed by atoms with Gasteiger partial charge in [-0.15, -0.1) is 0 Å². The van der Waals surface area contributed by atoms with Crippen LogP contribution >= 0.6 is 0 Å². The number of nitrogens with two attached hydrogens (primary N) is 1. The molecule has 1 fully saturated rings. The quantitative estimate of drug-likeness (QED) is 0.781. The Morgan fingerprint density at radius 2 is 2.00 bits per heavy atom. The molecule has 2 N–H and O–H groups in total. The maximum absolute atomic E-state index is 5.62. The van der Waals surface area contributed by atoms with Gasteiger partial charge >= 0.3 is 0 Å². The van der Waals surface area contributed by atoms with Crippen molar-refractivity contribution in [2.75, 3.05) is 19.6 Å². The third-order valence-electron chi connectivity index (χ3n) is 3.15. The third-order valence-corrected chi connectivity index (χ3v) is 3.15. The van der Waals surface area contributed by atoms with Crippen molar-refractivity contribution in [3.8, 4) is 0 Å². The highest BCUT2D eigenvalue weighted by Gasteiger charge is 2.30. The lowest BCUT2D eigenvalue weighted by Crippen LogP contribution is -2.51. The molecule has 1 unspecified atom stereocenters. The molecule has 2 heteroatoms. The van der Waals surface area contributed by atoms with Crippen molar-refractivity contribution in [2.24, 2.45) is 5.73 Å². The Morgan fingerprint density at radius 1 is 1.36 bits per heavy atom. The van der Waals surface area contributed by atoms with Gasteiger partial charge in [-0.05, 0) is 12.5 Å². The van der Waals surface area contributed by atoms with E-state index in [9.17, 15) is 0 Å². The smallest absolute Gasteiger partial charge is 0.0190 e. The zero-order chi connectivity index (χ0) is 9.97. The van der Waals surface area contributed by atoms with E-state index in [4.69, 9.17) is 5.73 Å². The summed E-state index contributed by atoms with van der Waals surface area (Å²) in [6.45, 7) is 5.30. The fourth-order valence-corrected chi connectivity index (χ4v) is 1.96. The van der Waals surface area contributed by atoms with Crippen LogP contribution in [-0.2, 0) is 0 Å². The van der Waals surface area contributed by atoms with Gasteiger partial charge in [-0.1, -0.05) is 30.3 Å². The molecule has 1 saturated heterocycles. The molecule has 0 bridgehead atoms. The summed E-state index contributed by atoms with van der Waals surface area (Å²) in [6.07, 6.45) is 0. The summed E-state index contributed by atoms with van der Waals surface area (Å²) in [5.74, 6) is 0.727. The Labute approximate surface area is 85.7 Å². The normalized spacial score (nSPS) is 20.4. The van der Waals surface area contributed by atoms with Gasteiger partial charge in [0.2, 0.25) is 0 Å². The van der Waals surface area contributed by atoms with Crippen LogP contribution in [0.5, 0.6) is 0 Å². The molecule has 2 rings (SSSR count). The van der Waals surface area contributed by atoms with Crippen LogP contribution in [0.1, 0.15) is 18.4 Å². The molecule has 0 aliphatic carbocycles. The van der Waals surface area contributed by atoms with Crippen molar-refractivity contribution in [2.45, 2.75) is 18.9 Å². The lowest BCUT2D eigenvalue weighted by atomic mass is 9.90. The van der Waals surface area contributed by atoms with Gasteiger partial charge in [-0.25, -0.2) is 0 Å². The van der Waals surface area contributed by atoms with Crippen LogP contribution < -0.4 is 5.73 Å². The lowest BCUT2D eigenvalue weighted by molar-refractivity contribution is 0.104.